The van der Waals surface area contributed by atoms with Crippen LogP contribution in [-0.2, 0) is 0 Å². The third-order valence-corrected chi connectivity index (χ3v) is 3.72. The van der Waals surface area contributed by atoms with Crippen molar-refractivity contribution >= 4 is 0 Å². The smallest absolute Gasteiger partial charge is 0.0169 e. The first kappa shape index (κ1) is 13.9. The Hall–Kier alpha value is -0.120. The van der Waals surface area contributed by atoms with E-state index in [1.807, 2.05) is 0 Å². The van der Waals surface area contributed by atoms with Crippen molar-refractivity contribution in [3.63, 3.8) is 0 Å². The van der Waals surface area contributed by atoms with E-state index in [9.17, 15) is 0 Å². The minimum absolute atomic E-state index is 0.455. The van der Waals surface area contributed by atoms with E-state index in [2.05, 4.69) is 31.0 Å². The van der Waals surface area contributed by atoms with Crippen LogP contribution in [-0.4, -0.2) is 42.7 Å². The summed E-state index contributed by atoms with van der Waals surface area (Å²) < 4.78 is 0. The fraction of sp³-hybridized carbons (Fsp3) is 1.00. The number of nitrogens with two attached hydrogens (primary N) is 1. The third-order valence-electron chi connectivity index (χ3n) is 3.72. The molecule has 0 aromatic heterocycles. The minimum atomic E-state index is 0.455. The van der Waals surface area contributed by atoms with Gasteiger partial charge in [-0.2, -0.15) is 0 Å². The predicted molar refractivity (Wildman–Crippen MR) is 70.6 cm³/mol. The number of hydrogen-bond donors (Lipinski definition) is 2. The molecule has 0 bridgehead atoms. The molecule has 3 heteroatoms. The Labute approximate surface area is 101 Å². The van der Waals surface area contributed by atoms with Crippen molar-refractivity contribution in [1.82, 2.24) is 10.2 Å². The molecular formula is C13H29N3. The summed E-state index contributed by atoms with van der Waals surface area (Å²) in [5.74, 6) is 0. The molecule has 1 saturated carbocycles. The minimum Gasteiger partial charge on any atom is -0.328 e. The molecule has 0 heterocycles. The highest BCUT2D eigenvalue weighted by atomic mass is 15.1. The van der Waals surface area contributed by atoms with Gasteiger partial charge in [-0.15, -0.1) is 0 Å². The van der Waals surface area contributed by atoms with Gasteiger partial charge in [0.05, 0.1) is 0 Å². The molecule has 16 heavy (non-hydrogen) atoms. The predicted octanol–water partition coefficient (Wildman–Crippen LogP) is 1.58. The highest BCUT2D eigenvalue weighted by Crippen LogP contribution is 2.17. The van der Waals surface area contributed by atoms with Gasteiger partial charge in [0.15, 0.2) is 0 Å². The van der Waals surface area contributed by atoms with Crippen molar-refractivity contribution in [3.05, 3.63) is 0 Å². The van der Waals surface area contributed by atoms with Gasteiger partial charge in [-0.3, -0.25) is 0 Å². The van der Waals surface area contributed by atoms with Gasteiger partial charge in [-0.05, 0) is 45.7 Å². The van der Waals surface area contributed by atoms with Crippen molar-refractivity contribution in [2.75, 3.05) is 19.6 Å². The van der Waals surface area contributed by atoms with Gasteiger partial charge < -0.3 is 16.0 Å². The lowest BCUT2D eigenvalue weighted by atomic mass is 9.91. The van der Waals surface area contributed by atoms with Crippen LogP contribution in [0.15, 0.2) is 0 Å². The van der Waals surface area contributed by atoms with Crippen molar-refractivity contribution in [2.45, 2.75) is 64.6 Å². The third kappa shape index (κ3) is 4.81. The second kappa shape index (κ2) is 7.25. The van der Waals surface area contributed by atoms with Crippen LogP contribution >= 0.6 is 0 Å². The van der Waals surface area contributed by atoms with Crippen LogP contribution in [0.1, 0.15) is 46.5 Å². The summed E-state index contributed by atoms with van der Waals surface area (Å²) >= 11 is 0. The van der Waals surface area contributed by atoms with Crippen molar-refractivity contribution < 1.29 is 0 Å². The summed E-state index contributed by atoms with van der Waals surface area (Å²) in [7, 11) is 0. The van der Waals surface area contributed by atoms with Crippen LogP contribution < -0.4 is 11.1 Å². The first-order valence-electron chi connectivity index (χ1n) is 6.89. The summed E-state index contributed by atoms with van der Waals surface area (Å²) in [6.45, 7) is 10.2. The van der Waals surface area contributed by atoms with E-state index < -0.39 is 0 Å². The highest BCUT2D eigenvalue weighted by Gasteiger charge is 2.20. The van der Waals surface area contributed by atoms with E-state index in [1.54, 1.807) is 0 Å². The van der Waals surface area contributed by atoms with Gasteiger partial charge in [0, 0.05) is 24.7 Å². The number of rotatable bonds is 6. The molecule has 1 aliphatic rings. The SMILES string of the molecule is CCN(CC)CC(C)NC1CCC(N)CC1. The zero-order valence-electron chi connectivity index (χ0n) is 11.2. The number of nitrogens with zero attached hydrogens (tertiary/aromatic N) is 1. The average molecular weight is 227 g/mol. The van der Waals surface area contributed by atoms with Crippen LogP contribution in [0.3, 0.4) is 0 Å². The lowest BCUT2D eigenvalue weighted by Crippen LogP contribution is -2.46. The molecule has 0 amide bonds. The zero-order chi connectivity index (χ0) is 12.0. The molecule has 3 nitrogen and oxygen atoms in total. The van der Waals surface area contributed by atoms with Gasteiger partial charge in [-0.25, -0.2) is 0 Å². The molecule has 0 radical (unpaired) electrons. The van der Waals surface area contributed by atoms with Crippen LogP contribution in [0.5, 0.6) is 0 Å². The van der Waals surface area contributed by atoms with E-state index in [0.717, 1.165) is 19.6 Å². The number of likely N-dealkylation sites (N-methyl/N-ethyl adjacent to an activating group) is 1. The molecule has 0 aromatic carbocycles. The first-order chi connectivity index (χ1) is 7.65. The molecule has 0 saturated heterocycles. The molecule has 0 aliphatic heterocycles. The Morgan fingerprint density at radius 3 is 2.25 bits per heavy atom. The maximum Gasteiger partial charge on any atom is 0.0169 e. The maximum absolute atomic E-state index is 5.92. The summed E-state index contributed by atoms with van der Waals surface area (Å²) in [5, 5.41) is 3.74. The van der Waals surface area contributed by atoms with Gasteiger partial charge in [0.1, 0.15) is 0 Å². The van der Waals surface area contributed by atoms with Crippen LogP contribution in [0.25, 0.3) is 0 Å². The monoisotopic (exact) mass is 227 g/mol. The Morgan fingerprint density at radius 2 is 1.75 bits per heavy atom. The van der Waals surface area contributed by atoms with Crippen LogP contribution in [0.2, 0.25) is 0 Å². The molecule has 96 valence electrons. The summed E-state index contributed by atoms with van der Waals surface area (Å²) in [5.41, 5.74) is 5.92. The summed E-state index contributed by atoms with van der Waals surface area (Å²) in [6, 6.07) is 1.75. The standard InChI is InChI=1S/C13H29N3/c1-4-16(5-2)10-11(3)15-13-8-6-12(14)7-9-13/h11-13,15H,4-10,14H2,1-3H3. The molecule has 1 atom stereocenters. The fourth-order valence-electron chi connectivity index (χ4n) is 2.61. The highest BCUT2D eigenvalue weighted by molar-refractivity contribution is 4.81. The molecule has 0 spiro atoms. The van der Waals surface area contributed by atoms with Crippen LogP contribution in [0.4, 0.5) is 0 Å². The van der Waals surface area contributed by atoms with Crippen molar-refractivity contribution in [3.8, 4) is 0 Å². The second-order valence-electron chi connectivity index (χ2n) is 5.17. The Morgan fingerprint density at radius 1 is 1.19 bits per heavy atom. The maximum atomic E-state index is 5.92. The summed E-state index contributed by atoms with van der Waals surface area (Å²) in [6.07, 6.45) is 4.89. The molecule has 1 unspecified atom stereocenters. The Kier molecular flexibility index (Phi) is 6.32. The van der Waals surface area contributed by atoms with Gasteiger partial charge in [-0.1, -0.05) is 13.8 Å². The van der Waals surface area contributed by atoms with Gasteiger partial charge in [0.2, 0.25) is 0 Å². The van der Waals surface area contributed by atoms with E-state index in [1.165, 1.54) is 25.7 Å². The lowest BCUT2D eigenvalue weighted by molar-refractivity contribution is 0.244. The van der Waals surface area contributed by atoms with Crippen LogP contribution in [0, 0.1) is 0 Å². The quantitative estimate of drug-likeness (QED) is 0.724. The molecule has 1 rings (SSSR count). The van der Waals surface area contributed by atoms with E-state index >= 15 is 0 Å². The normalized spacial score (nSPS) is 28.3. The lowest BCUT2D eigenvalue weighted by Gasteiger charge is -2.31. The average Bonchev–Trinajstić information content (AvgIpc) is 2.29. The van der Waals surface area contributed by atoms with E-state index in [-0.39, 0.29) is 0 Å². The molecule has 1 aliphatic carbocycles. The molecular weight excluding hydrogens is 198 g/mol. The molecule has 1 fully saturated rings. The van der Waals surface area contributed by atoms with Crippen molar-refractivity contribution in [1.29, 1.82) is 0 Å². The number of nitrogens with one attached hydrogen (secondary N) is 1. The zero-order valence-corrected chi connectivity index (χ0v) is 11.2. The second-order valence-corrected chi connectivity index (χ2v) is 5.17. The fourth-order valence-corrected chi connectivity index (χ4v) is 2.61. The Balaban J connectivity index is 2.20. The topological polar surface area (TPSA) is 41.3 Å². The van der Waals surface area contributed by atoms with E-state index in [0.29, 0.717) is 18.1 Å². The molecule has 0 aromatic rings. The number of hydrogen-bond acceptors (Lipinski definition) is 3. The van der Waals surface area contributed by atoms with E-state index in [4.69, 9.17) is 5.73 Å². The largest absolute Gasteiger partial charge is 0.328 e. The molecule has 3 N–H and O–H groups in total. The first-order valence-corrected chi connectivity index (χ1v) is 6.89. The van der Waals surface area contributed by atoms with Gasteiger partial charge >= 0.3 is 0 Å². The van der Waals surface area contributed by atoms with Crippen molar-refractivity contribution in [2.24, 2.45) is 5.73 Å². The Bertz CT molecular complexity index is 172. The summed E-state index contributed by atoms with van der Waals surface area (Å²) in [4.78, 5) is 2.48. The van der Waals surface area contributed by atoms with Gasteiger partial charge in [0.25, 0.3) is 0 Å².